The second kappa shape index (κ2) is 8.17. The molecular formula is C20H21ClN4O. The first-order chi connectivity index (χ1) is 12.5. The molecule has 26 heavy (non-hydrogen) atoms. The third-order valence-electron chi connectivity index (χ3n) is 3.97. The van der Waals surface area contributed by atoms with Gasteiger partial charge in [-0.15, -0.1) is 0 Å². The van der Waals surface area contributed by atoms with Crippen LogP contribution in [0.1, 0.15) is 16.8 Å². The summed E-state index contributed by atoms with van der Waals surface area (Å²) in [6.45, 7) is 1.31. The van der Waals surface area contributed by atoms with E-state index < -0.39 is 0 Å². The normalized spacial score (nSPS) is 11.5. The number of hydrogen-bond donors (Lipinski definition) is 1. The molecule has 0 aliphatic carbocycles. The molecule has 3 aromatic rings. The fourth-order valence-electron chi connectivity index (χ4n) is 2.76. The van der Waals surface area contributed by atoms with E-state index in [0.29, 0.717) is 17.4 Å². The van der Waals surface area contributed by atoms with Crippen LogP contribution in [0.3, 0.4) is 0 Å². The molecule has 0 aliphatic rings. The van der Waals surface area contributed by atoms with Crippen molar-refractivity contribution in [2.24, 2.45) is 0 Å². The summed E-state index contributed by atoms with van der Waals surface area (Å²) in [6, 6.07) is 13.8. The number of carbonyl (C=O) groups is 1. The van der Waals surface area contributed by atoms with Crippen molar-refractivity contribution in [3.63, 3.8) is 0 Å². The summed E-state index contributed by atoms with van der Waals surface area (Å²) in [6.07, 6.45) is 5.03. The highest BCUT2D eigenvalue weighted by Crippen LogP contribution is 2.18. The average Bonchev–Trinajstić information content (AvgIpc) is 2.94. The van der Waals surface area contributed by atoms with Gasteiger partial charge in [-0.25, -0.2) is 4.98 Å². The van der Waals surface area contributed by atoms with Gasteiger partial charge in [0.15, 0.2) is 5.15 Å². The Morgan fingerprint density at radius 1 is 1.19 bits per heavy atom. The fourth-order valence-corrected chi connectivity index (χ4v) is 3.00. The number of pyridine rings is 1. The predicted molar refractivity (Wildman–Crippen MR) is 105 cm³/mol. The second-order valence-corrected chi connectivity index (χ2v) is 6.63. The molecule has 0 saturated carbocycles. The standard InChI is InChI=1S/C20H21ClN4O/c1-24(2)14-16-8-4-3-7-15(16)13-22-19(26)11-10-17-20(21)23-18-9-5-6-12-25(17)18/h3-12H,13-14H2,1-2H3,(H,22,26)/b11-10+. The molecule has 2 aromatic heterocycles. The summed E-state index contributed by atoms with van der Waals surface area (Å²) < 4.78 is 1.85. The van der Waals surface area contributed by atoms with Crippen LogP contribution in [0.5, 0.6) is 0 Å². The van der Waals surface area contributed by atoms with Crippen LogP contribution < -0.4 is 5.32 Å². The number of carbonyl (C=O) groups excluding carboxylic acids is 1. The highest BCUT2D eigenvalue weighted by atomic mass is 35.5. The van der Waals surface area contributed by atoms with Gasteiger partial charge in [0.2, 0.25) is 5.91 Å². The van der Waals surface area contributed by atoms with E-state index in [1.807, 2.05) is 61.1 Å². The van der Waals surface area contributed by atoms with Gasteiger partial charge in [-0.1, -0.05) is 41.9 Å². The molecule has 0 spiro atoms. The zero-order valence-electron chi connectivity index (χ0n) is 14.8. The highest BCUT2D eigenvalue weighted by Gasteiger charge is 2.08. The van der Waals surface area contributed by atoms with Crippen molar-refractivity contribution in [2.75, 3.05) is 14.1 Å². The Bertz CT molecular complexity index is 946. The SMILES string of the molecule is CN(C)Cc1ccccc1CNC(=O)/C=C/c1c(Cl)nc2ccccn12. The Balaban J connectivity index is 1.68. The number of halogens is 1. The molecule has 6 heteroatoms. The van der Waals surface area contributed by atoms with E-state index in [1.165, 1.54) is 11.6 Å². The van der Waals surface area contributed by atoms with Crippen molar-refractivity contribution in [1.82, 2.24) is 19.6 Å². The minimum atomic E-state index is -0.174. The fraction of sp³-hybridized carbons (Fsp3) is 0.200. The molecule has 0 aliphatic heterocycles. The van der Waals surface area contributed by atoms with E-state index in [-0.39, 0.29) is 5.91 Å². The van der Waals surface area contributed by atoms with Gasteiger partial charge in [0.1, 0.15) is 5.65 Å². The van der Waals surface area contributed by atoms with Gasteiger partial charge in [-0.3, -0.25) is 9.20 Å². The van der Waals surface area contributed by atoms with E-state index >= 15 is 0 Å². The van der Waals surface area contributed by atoms with Gasteiger partial charge in [0.25, 0.3) is 0 Å². The average molecular weight is 369 g/mol. The van der Waals surface area contributed by atoms with E-state index in [0.717, 1.165) is 17.8 Å². The smallest absolute Gasteiger partial charge is 0.244 e. The Labute approximate surface area is 157 Å². The molecule has 1 aromatic carbocycles. The van der Waals surface area contributed by atoms with Crippen molar-refractivity contribution in [2.45, 2.75) is 13.1 Å². The van der Waals surface area contributed by atoms with Crippen LogP contribution in [0.15, 0.2) is 54.7 Å². The number of imidazole rings is 1. The summed E-state index contributed by atoms with van der Waals surface area (Å²) in [5.74, 6) is -0.174. The van der Waals surface area contributed by atoms with Crippen molar-refractivity contribution < 1.29 is 4.79 Å². The van der Waals surface area contributed by atoms with Crippen LogP contribution in [-0.4, -0.2) is 34.3 Å². The first kappa shape index (κ1) is 18.2. The number of nitrogens with one attached hydrogen (secondary N) is 1. The zero-order valence-corrected chi connectivity index (χ0v) is 15.6. The Hall–Kier alpha value is -2.63. The third-order valence-corrected chi connectivity index (χ3v) is 4.25. The summed E-state index contributed by atoms with van der Waals surface area (Å²) >= 11 is 6.17. The van der Waals surface area contributed by atoms with Gasteiger partial charge < -0.3 is 10.2 Å². The number of fused-ring (bicyclic) bond motifs is 1. The van der Waals surface area contributed by atoms with Crippen LogP contribution in [-0.2, 0) is 17.9 Å². The van der Waals surface area contributed by atoms with Crippen molar-refractivity contribution in [1.29, 1.82) is 0 Å². The van der Waals surface area contributed by atoms with E-state index in [4.69, 9.17) is 11.6 Å². The Morgan fingerprint density at radius 3 is 2.69 bits per heavy atom. The molecule has 0 fully saturated rings. The molecule has 5 nitrogen and oxygen atoms in total. The molecule has 1 amide bonds. The molecule has 0 saturated heterocycles. The number of hydrogen-bond acceptors (Lipinski definition) is 3. The summed E-state index contributed by atoms with van der Waals surface area (Å²) in [7, 11) is 4.05. The molecule has 2 heterocycles. The quantitative estimate of drug-likeness (QED) is 0.678. The first-order valence-electron chi connectivity index (χ1n) is 8.34. The molecular weight excluding hydrogens is 348 g/mol. The Kier molecular flexibility index (Phi) is 5.71. The van der Waals surface area contributed by atoms with Crippen LogP contribution in [0, 0.1) is 0 Å². The lowest BCUT2D eigenvalue weighted by Crippen LogP contribution is -2.22. The molecule has 0 unspecified atom stereocenters. The summed E-state index contributed by atoms with van der Waals surface area (Å²) in [5, 5.41) is 3.30. The monoisotopic (exact) mass is 368 g/mol. The van der Waals surface area contributed by atoms with Crippen LogP contribution >= 0.6 is 11.6 Å². The maximum atomic E-state index is 12.2. The van der Waals surface area contributed by atoms with Crippen LogP contribution in [0.25, 0.3) is 11.7 Å². The number of nitrogens with zero attached hydrogens (tertiary/aromatic N) is 3. The summed E-state index contributed by atoms with van der Waals surface area (Å²) in [5.41, 5.74) is 3.74. The molecule has 1 N–H and O–H groups in total. The van der Waals surface area contributed by atoms with E-state index in [1.54, 1.807) is 6.08 Å². The number of rotatable bonds is 6. The van der Waals surface area contributed by atoms with Gasteiger partial charge in [0.05, 0.1) is 5.69 Å². The Morgan fingerprint density at radius 2 is 1.92 bits per heavy atom. The lowest BCUT2D eigenvalue weighted by molar-refractivity contribution is -0.116. The molecule has 0 atom stereocenters. The third kappa shape index (κ3) is 4.31. The van der Waals surface area contributed by atoms with Gasteiger partial charge in [-0.05, 0) is 43.4 Å². The van der Waals surface area contributed by atoms with Crippen molar-refractivity contribution in [3.05, 3.63) is 76.7 Å². The molecule has 3 rings (SSSR count). The van der Waals surface area contributed by atoms with Crippen molar-refractivity contribution >= 4 is 29.2 Å². The van der Waals surface area contributed by atoms with Crippen LogP contribution in [0.2, 0.25) is 5.15 Å². The molecule has 0 radical (unpaired) electrons. The topological polar surface area (TPSA) is 49.6 Å². The predicted octanol–water partition coefficient (Wildman–Crippen LogP) is 3.38. The summed E-state index contributed by atoms with van der Waals surface area (Å²) in [4.78, 5) is 18.6. The van der Waals surface area contributed by atoms with Gasteiger partial charge in [0, 0.05) is 25.4 Å². The molecule has 0 bridgehead atoms. The van der Waals surface area contributed by atoms with Gasteiger partial charge >= 0.3 is 0 Å². The highest BCUT2D eigenvalue weighted by molar-refractivity contribution is 6.31. The van der Waals surface area contributed by atoms with Gasteiger partial charge in [-0.2, -0.15) is 0 Å². The largest absolute Gasteiger partial charge is 0.348 e. The maximum Gasteiger partial charge on any atom is 0.244 e. The van der Waals surface area contributed by atoms with E-state index in [2.05, 4.69) is 21.3 Å². The van der Waals surface area contributed by atoms with Crippen LogP contribution in [0.4, 0.5) is 0 Å². The minimum Gasteiger partial charge on any atom is -0.348 e. The maximum absolute atomic E-state index is 12.2. The van der Waals surface area contributed by atoms with Crippen molar-refractivity contribution in [3.8, 4) is 0 Å². The lowest BCUT2D eigenvalue weighted by Gasteiger charge is -2.14. The lowest BCUT2D eigenvalue weighted by atomic mass is 10.1. The number of aromatic nitrogens is 2. The second-order valence-electron chi connectivity index (χ2n) is 6.27. The first-order valence-corrected chi connectivity index (χ1v) is 8.72. The number of amides is 1. The number of benzene rings is 1. The minimum absolute atomic E-state index is 0.174. The molecule has 134 valence electrons. The zero-order chi connectivity index (χ0) is 18.5. The van der Waals surface area contributed by atoms with E-state index in [9.17, 15) is 4.79 Å².